The van der Waals surface area contributed by atoms with Gasteiger partial charge >= 0.3 is 0 Å². The van der Waals surface area contributed by atoms with E-state index >= 15 is 0 Å². The van der Waals surface area contributed by atoms with Crippen molar-refractivity contribution in [1.29, 1.82) is 0 Å². The topological polar surface area (TPSA) is 107 Å². The molecule has 0 spiro atoms. The molecule has 0 aliphatic carbocycles. The number of hydrogen-bond acceptors (Lipinski definition) is 7. The smallest absolute Gasteiger partial charge is 0.192 e. The Morgan fingerprint density at radius 2 is 1.92 bits per heavy atom. The van der Waals surface area contributed by atoms with Gasteiger partial charge in [0.2, 0.25) is 0 Å². The number of aliphatic hydroxyl groups is 2. The number of Topliss-reactive ketones (excluding diaryl/α,β-unsaturated/α-hetero) is 1. The first-order valence-electron chi connectivity index (χ1n) is 13.5. The maximum Gasteiger partial charge on any atom is 0.192 e. The molecule has 37 heavy (non-hydrogen) atoms. The number of aromatic nitrogens is 1. The van der Waals surface area contributed by atoms with Crippen molar-refractivity contribution in [1.82, 2.24) is 4.57 Å². The van der Waals surface area contributed by atoms with Crippen LogP contribution in [-0.2, 0) is 31.8 Å². The van der Waals surface area contributed by atoms with E-state index in [1.807, 2.05) is 6.92 Å². The van der Waals surface area contributed by atoms with Gasteiger partial charge in [-0.15, -0.1) is 0 Å². The first-order valence-corrected chi connectivity index (χ1v) is 16.4. The van der Waals surface area contributed by atoms with Gasteiger partial charge in [-0.3, -0.25) is 9.59 Å². The molecule has 2 heterocycles. The molecule has 0 amide bonds. The van der Waals surface area contributed by atoms with Crippen LogP contribution in [0.3, 0.4) is 0 Å². The second kappa shape index (κ2) is 13.1. The zero-order valence-electron chi connectivity index (χ0n) is 24.1. The minimum absolute atomic E-state index is 0.00879. The lowest BCUT2D eigenvalue weighted by molar-refractivity contribution is -0.169. The molecule has 0 saturated carbocycles. The summed E-state index contributed by atoms with van der Waals surface area (Å²) >= 11 is 0. The van der Waals surface area contributed by atoms with Crippen LogP contribution in [-0.4, -0.2) is 66.9 Å². The molecule has 2 N–H and O–H groups in total. The zero-order chi connectivity index (χ0) is 28.0. The van der Waals surface area contributed by atoms with Gasteiger partial charge in [0.05, 0.1) is 37.7 Å². The van der Waals surface area contributed by atoms with Crippen molar-refractivity contribution in [3.8, 4) is 0 Å². The summed E-state index contributed by atoms with van der Waals surface area (Å²) in [6, 6.07) is 3.50. The zero-order valence-corrected chi connectivity index (χ0v) is 25.1. The summed E-state index contributed by atoms with van der Waals surface area (Å²) in [6.45, 7) is 16.9. The van der Waals surface area contributed by atoms with Gasteiger partial charge in [0.25, 0.3) is 0 Å². The van der Waals surface area contributed by atoms with E-state index in [2.05, 4.69) is 33.9 Å². The predicted octanol–water partition coefficient (Wildman–Crippen LogP) is 4.71. The minimum Gasteiger partial charge on any atom is -0.413 e. The molecule has 1 unspecified atom stereocenters. The lowest BCUT2D eigenvalue weighted by Crippen LogP contribution is -2.50. The van der Waals surface area contributed by atoms with Crippen LogP contribution in [0.5, 0.6) is 0 Å². The molecule has 0 radical (unpaired) electrons. The largest absolute Gasteiger partial charge is 0.413 e. The van der Waals surface area contributed by atoms with Crippen LogP contribution in [0.4, 0.5) is 0 Å². The molecule has 2 rings (SSSR count). The monoisotopic (exact) mass is 539 g/mol. The minimum atomic E-state index is -2.28. The molecular formula is C28H49NO7Si. The number of rotatable bonds is 14. The van der Waals surface area contributed by atoms with Gasteiger partial charge in [-0.25, -0.2) is 0 Å². The standard InChI is InChI=1S/C28H49NO7Si/c1-20(26(33)28(5,6)19-31)24(36-37(7,8)27(2,3)4)15-23(32)16-29-21(17-30)12-13-22(29)18-35-25-11-9-10-14-34-25/h12-13,17,20,24-26,31,33H,9-11,14-16,18-19H2,1-8H3/t20-,24-,25?,26+/m0/s1. The van der Waals surface area contributed by atoms with E-state index in [0.29, 0.717) is 12.3 Å². The van der Waals surface area contributed by atoms with Crippen molar-refractivity contribution < 1.29 is 33.7 Å². The molecule has 1 aromatic heterocycles. The number of aliphatic hydroxyl groups excluding tert-OH is 2. The summed E-state index contributed by atoms with van der Waals surface area (Å²) in [5, 5.41) is 20.8. The average Bonchev–Trinajstić information content (AvgIpc) is 3.22. The molecule has 1 aromatic rings. The Bertz CT molecular complexity index is 884. The highest BCUT2D eigenvalue weighted by molar-refractivity contribution is 6.74. The van der Waals surface area contributed by atoms with Crippen molar-refractivity contribution in [2.24, 2.45) is 11.3 Å². The fourth-order valence-corrected chi connectivity index (χ4v) is 5.74. The van der Waals surface area contributed by atoms with Crippen LogP contribution in [0.25, 0.3) is 0 Å². The SMILES string of the molecule is C[C@@H]([C@H](CC(=O)Cn1c(C=O)ccc1COC1CCCCO1)O[Si](C)(C)C(C)(C)C)[C@@H](O)C(C)(C)CO. The fourth-order valence-electron chi connectivity index (χ4n) is 4.33. The van der Waals surface area contributed by atoms with Gasteiger partial charge in [0, 0.05) is 30.1 Å². The Labute approximate surface area is 223 Å². The number of carbonyl (C=O) groups is 2. The van der Waals surface area contributed by atoms with Crippen LogP contribution < -0.4 is 0 Å². The van der Waals surface area contributed by atoms with Crippen molar-refractivity contribution >= 4 is 20.4 Å². The van der Waals surface area contributed by atoms with E-state index in [0.717, 1.165) is 31.2 Å². The van der Waals surface area contributed by atoms with Gasteiger partial charge in [-0.1, -0.05) is 41.5 Å². The molecule has 212 valence electrons. The maximum atomic E-state index is 13.4. The molecule has 0 bridgehead atoms. The van der Waals surface area contributed by atoms with E-state index in [1.54, 1.807) is 30.5 Å². The Morgan fingerprint density at radius 3 is 2.46 bits per heavy atom. The van der Waals surface area contributed by atoms with Gasteiger partial charge in [-0.05, 0) is 49.5 Å². The summed E-state index contributed by atoms with van der Waals surface area (Å²) in [5.74, 6) is -0.485. The summed E-state index contributed by atoms with van der Waals surface area (Å²) in [7, 11) is -2.28. The van der Waals surface area contributed by atoms with E-state index < -0.39 is 25.9 Å². The normalized spacial score (nSPS) is 19.9. The summed E-state index contributed by atoms with van der Waals surface area (Å²) in [6.07, 6.45) is 2.08. The highest BCUT2D eigenvalue weighted by Gasteiger charge is 2.43. The third kappa shape index (κ3) is 8.56. The van der Waals surface area contributed by atoms with E-state index in [9.17, 15) is 19.8 Å². The Hall–Kier alpha value is -1.36. The van der Waals surface area contributed by atoms with Crippen molar-refractivity contribution in [2.45, 2.75) is 117 Å². The van der Waals surface area contributed by atoms with Crippen LogP contribution >= 0.6 is 0 Å². The van der Waals surface area contributed by atoms with E-state index in [1.165, 1.54) is 0 Å². The second-order valence-electron chi connectivity index (χ2n) is 12.7. The van der Waals surface area contributed by atoms with Crippen molar-refractivity contribution in [3.05, 3.63) is 23.5 Å². The lowest BCUT2D eigenvalue weighted by Gasteiger charge is -2.43. The van der Waals surface area contributed by atoms with Gasteiger partial charge in [-0.2, -0.15) is 0 Å². The number of carbonyl (C=O) groups excluding carboxylic acids is 2. The van der Waals surface area contributed by atoms with E-state index in [-0.39, 0.29) is 49.2 Å². The Morgan fingerprint density at radius 1 is 1.24 bits per heavy atom. The summed E-state index contributed by atoms with van der Waals surface area (Å²) in [4.78, 5) is 25.1. The fraction of sp³-hybridized carbons (Fsp3) is 0.786. The predicted molar refractivity (Wildman–Crippen MR) is 146 cm³/mol. The molecule has 1 aliphatic heterocycles. The second-order valence-corrected chi connectivity index (χ2v) is 17.4. The molecule has 8 nitrogen and oxygen atoms in total. The van der Waals surface area contributed by atoms with Gasteiger partial charge in [0.1, 0.15) is 0 Å². The number of ketones is 1. The van der Waals surface area contributed by atoms with Crippen LogP contribution in [0, 0.1) is 11.3 Å². The van der Waals surface area contributed by atoms with Gasteiger partial charge < -0.3 is 28.7 Å². The molecule has 9 heteroatoms. The third-order valence-corrected chi connectivity index (χ3v) is 12.6. The number of hydrogen-bond donors (Lipinski definition) is 2. The summed E-state index contributed by atoms with van der Waals surface area (Å²) < 4.78 is 19.9. The summed E-state index contributed by atoms with van der Waals surface area (Å²) in [5.41, 5.74) is 0.405. The molecule has 4 atom stereocenters. The average molecular weight is 540 g/mol. The maximum absolute atomic E-state index is 13.4. The highest BCUT2D eigenvalue weighted by Crippen LogP contribution is 2.40. The first-order chi connectivity index (χ1) is 17.1. The van der Waals surface area contributed by atoms with Crippen LogP contribution in [0.15, 0.2) is 12.1 Å². The van der Waals surface area contributed by atoms with Crippen LogP contribution in [0.1, 0.15) is 83.4 Å². The number of nitrogens with zero attached hydrogens (tertiary/aromatic N) is 1. The van der Waals surface area contributed by atoms with Crippen molar-refractivity contribution in [2.75, 3.05) is 13.2 Å². The highest BCUT2D eigenvalue weighted by atomic mass is 28.4. The molecule has 1 fully saturated rings. The number of ether oxygens (including phenoxy) is 2. The third-order valence-electron chi connectivity index (χ3n) is 8.09. The Kier molecular flexibility index (Phi) is 11.3. The molecule has 1 saturated heterocycles. The van der Waals surface area contributed by atoms with Crippen molar-refractivity contribution in [3.63, 3.8) is 0 Å². The van der Waals surface area contributed by atoms with E-state index in [4.69, 9.17) is 13.9 Å². The lowest BCUT2D eigenvalue weighted by atomic mass is 9.78. The molecule has 0 aromatic carbocycles. The Balaban J connectivity index is 2.22. The molecular weight excluding hydrogens is 490 g/mol. The molecule has 1 aliphatic rings. The van der Waals surface area contributed by atoms with Crippen LogP contribution in [0.2, 0.25) is 18.1 Å². The first kappa shape index (κ1) is 31.9. The quantitative estimate of drug-likeness (QED) is 0.260. The number of aldehydes is 1. The van der Waals surface area contributed by atoms with Gasteiger partial charge in [0.15, 0.2) is 26.7 Å².